The highest BCUT2D eigenvalue weighted by Gasteiger charge is 2.76. The van der Waals surface area contributed by atoms with Crippen molar-refractivity contribution in [2.24, 2.45) is 182 Å². The highest BCUT2D eigenvalue weighted by molar-refractivity contribution is 5.85. The van der Waals surface area contributed by atoms with Crippen LogP contribution in [-0.2, 0) is 9.59 Å². The number of carbonyl (C=O) groups excluding carboxylic acids is 1. The van der Waals surface area contributed by atoms with E-state index in [2.05, 4.69) is 145 Å². The number of hydrogen-bond acceptors (Lipinski definition) is 6. The maximum atomic E-state index is 12.9. The number of allylic oxidation sites excluding steroid dienone is 1. The first-order chi connectivity index (χ1) is 45.0. The standard InChI is InChI=1S/C30H48O3.C30H52O2.C30H50O2/c1-18(2)19-10-15-30(25(32)33)17-16-28(6)20(24(19)30)8-9-22-27(5)13-12-23(31)26(3,4)21(27)11-14-29(22,28)7;2*1-19(2)20-10-15-30(18-31)17-16-28(6)21(25(20)30)8-9-23-27(5)13-12-24(32)26(3,4)22(27)11-14-29(23,28)7/h18-22,24H,8-17H2,1-7H3,(H,32,33);19-25,31-32H,8-18H2,1-7H3;20-25,31-32H,1,8-18H2,2-7H3/t19-,20?,21?,22?,24?,27-,28+,29+,30-;2*20-,21?,22?,23?,24-,25?,27-,28+,29+,30+/m000/s1. The van der Waals surface area contributed by atoms with Crippen molar-refractivity contribution in [1.29, 1.82) is 0 Å². The number of aliphatic hydroxyl groups is 4. The molecule has 12 unspecified atom stereocenters. The van der Waals surface area contributed by atoms with Crippen molar-refractivity contribution in [2.45, 2.75) is 343 Å². The van der Waals surface area contributed by atoms with Crippen molar-refractivity contribution in [3.63, 3.8) is 0 Å². The summed E-state index contributed by atoms with van der Waals surface area (Å²) in [6, 6.07) is 0. The molecule has 0 spiro atoms. The number of carboxylic acid groups (broad SMARTS) is 1. The zero-order chi connectivity index (χ0) is 70.8. The molecule has 15 fully saturated rings. The van der Waals surface area contributed by atoms with Crippen LogP contribution in [-0.4, -0.2) is 62.7 Å². The summed E-state index contributed by atoms with van der Waals surface area (Å²) in [6.07, 6.45) is 35.3. The number of carbonyl (C=O) groups is 2. The molecule has 7 nitrogen and oxygen atoms in total. The highest BCUT2D eigenvalue weighted by atomic mass is 16.4. The molecule has 29 atom stereocenters. The maximum absolute atomic E-state index is 12.9. The predicted octanol–water partition coefficient (Wildman–Crippen LogP) is 21.5. The van der Waals surface area contributed by atoms with E-state index in [1.807, 2.05) is 0 Å². The molecule has 0 aromatic heterocycles. The first-order valence-electron chi connectivity index (χ1n) is 42.0. The molecule has 15 aliphatic rings. The van der Waals surface area contributed by atoms with Crippen LogP contribution in [0, 0.1) is 182 Å². The van der Waals surface area contributed by atoms with Crippen LogP contribution in [0.4, 0.5) is 0 Å². The second-order valence-electron chi connectivity index (χ2n) is 44.4. The van der Waals surface area contributed by atoms with Crippen molar-refractivity contribution < 1.29 is 35.1 Å². The number of ketones is 1. The molecule has 0 saturated heterocycles. The number of Topliss-reactive ketones (excluding diaryl/α,β-unsaturated/α-hetero) is 1. The Morgan fingerprint density at radius 3 is 1.23 bits per heavy atom. The molecule has 15 saturated carbocycles. The van der Waals surface area contributed by atoms with Crippen molar-refractivity contribution in [1.82, 2.24) is 0 Å². The molecular formula is C90H150O7. The molecule has 0 bridgehead atoms. The lowest BCUT2D eigenvalue weighted by Crippen LogP contribution is -2.66. The van der Waals surface area contributed by atoms with E-state index in [4.69, 9.17) is 0 Å². The lowest BCUT2D eigenvalue weighted by Gasteiger charge is -2.73. The van der Waals surface area contributed by atoms with Gasteiger partial charge in [-0.2, -0.15) is 0 Å². The van der Waals surface area contributed by atoms with Gasteiger partial charge in [0.2, 0.25) is 0 Å². The van der Waals surface area contributed by atoms with Crippen molar-refractivity contribution in [3.05, 3.63) is 12.2 Å². The summed E-state index contributed by atoms with van der Waals surface area (Å²) in [4.78, 5) is 25.7. The number of carboxylic acids is 1. The number of hydrogen-bond donors (Lipinski definition) is 5. The lowest BCUT2D eigenvalue weighted by atomic mass is 9.32. The summed E-state index contributed by atoms with van der Waals surface area (Å²) in [7, 11) is 0. The molecular weight excluding hydrogens is 1190 g/mol. The highest BCUT2D eigenvalue weighted by Crippen LogP contribution is 2.82. The molecule has 97 heavy (non-hydrogen) atoms. The summed E-state index contributed by atoms with van der Waals surface area (Å²) in [5, 5.41) is 53.6. The average Bonchev–Trinajstić information content (AvgIpc) is 1.63. The predicted molar refractivity (Wildman–Crippen MR) is 396 cm³/mol. The van der Waals surface area contributed by atoms with E-state index in [0.29, 0.717) is 111 Å². The lowest BCUT2D eigenvalue weighted by molar-refractivity contribution is -0.251. The third-order valence-corrected chi connectivity index (χ3v) is 40.9. The molecule has 15 aliphatic carbocycles. The Kier molecular flexibility index (Phi) is 18.2. The van der Waals surface area contributed by atoms with Gasteiger partial charge in [-0.15, -0.1) is 0 Å². The van der Waals surface area contributed by atoms with Crippen LogP contribution in [0.3, 0.4) is 0 Å². The molecule has 0 aliphatic heterocycles. The van der Waals surface area contributed by atoms with E-state index in [-0.39, 0.29) is 55.5 Å². The maximum Gasteiger partial charge on any atom is 0.309 e. The molecule has 0 heterocycles. The van der Waals surface area contributed by atoms with Crippen LogP contribution < -0.4 is 0 Å². The molecule has 0 radical (unpaired) electrons. The molecule has 7 heteroatoms. The minimum absolute atomic E-state index is 0.0290. The van der Waals surface area contributed by atoms with Gasteiger partial charge in [0, 0.05) is 25.0 Å². The summed E-state index contributed by atoms with van der Waals surface area (Å²) < 4.78 is 0. The molecule has 15 rings (SSSR count). The van der Waals surface area contributed by atoms with Gasteiger partial charge in [-0.25, -0.2) is 0 Å². The van der Waals surface area contributed by atoms with Gasteiger partial charge < -0.3 is 25.5 Å². The van der Waals surface area contributed by atoms with Crippen LogP contribution >= 0.6 is 0 Å². The fourth-order valence-corrected chi connectivity index (χ4v) is 34.9. The minimum Gasteiger partial charge on any atom is -0.481 e. The van der Waals surface area contributed by atoms with Crippen LogP contribution in [0.5, 0.6) is 0 Å². The Balaban J connectivity index is 0.000000131. The average molecular weight is 1340 g/mol. The van der Waals surface area contributed by atoms with Gasteiger partial charge in [0.05, 0.1) is 17.6 Å². The Bertz CT molecular complexity index is 3010. The van der Waals surface area contributed by atoms with Gasteiger partial charge in [-0.3, -0.25) is 9.59 Å². The normalized spacial score (nSPS) is 55.4. The van der Waals surface area contributed by atoms with Gasteiger partial charge in [-0.05, 0) is 364 Å². The Hall–Kier alpha value is -1.28. The molecule has 0 aromatic carbocycles. The smallest absolute Gasteiger partial charge is 0.309 e. The third-order valence-electron chi connectivity index (χ3n) is 40.9. The second-order valence-corrected chi connectivity index (χ2v) is 44.4. The van der Waals surface area contributed by atoms with Gasteiger partial charge >= 0.3 is 5.97 Å². The van der Waals surface area contributed by atoms with Crippen molar-refractivity contribution in [2.75, 3.05) is 13.2 Å². The zero-order valence-corrected chi connectivity index (χ0v) is 66.4. The van der Waals surface area contributed by atoms with Crippen LogP contribution in [0.15, 0.2) is 12.2 Å². The number of rotatable bonds is 6. The quantitative estimate of drug-likeness (QED) is 0.167. The van der Waals surface area contributed by atoms with E-state index < -0.39 is 11.4 Å². The fraction of sp³-hybridized carbons (Fsp3) is 0.956. The van der Waals surface area contributed by atoms with Gasteiger partial charge in [0.1, 0.15) is 5.78 Å². The van der Waals surface area contributed by atoms with E-state index in [0.717, 1.165) is 99.2 Å². The largest absolute Gasteiger partial charge is 0.481 e. The van der Waals surface area contributed by atoms with E-state index >= 15 is 0 Å². The molecule has 5 N–H and O–H groups in total. The summed E-state index contributed by atoms with van der Waals surface area (Å²) in [6.45, 7) is 54.6. The monoisotopic (exact) mass is 1340 g/mol. The first kappa shape index (κ1) is 74.0. The van der Waals surface area contributed by atoms with Crippen LogP contribution in [0.1, 0.15) is 331 Å². The van der Waals surface area contributed by atoms with Gasteiger partial charge in [0.25, 0.3) is 0 Å². The van der Waals surface area contributed by atoms with Crippen LogP contribution in [0.2, 0.25) is 0 Å². The zero-order valence-electron chi connectivity index (χ0n) is 66.4. The van der Waals surface area contributed by atoms with Crippen molar-refractivity contribution in [3.8, 4) is 0 Å². The third kappa shape index (κ3) is 9.70. The SMILES string of the molecule is C=C(C)[C@@H]1CC[C@]2(CO)CC[C@]3(C)C(CCC4[C@@]5(C)CC[C@H](O)C(C)(C)C5CC[C@]43C)C12.CC(C)[C@@H]1CC[C@]2(C(=O)O)CC[C@]3(C)C(CCC4[C@@]5(C)CCC(=O)C(C)(C)C5CC[C@]43C)C12.CC(C)[C@@H]1CC[C@]2(CO)CC[C@]3(C)C(CCC4[C@@]5(C)CC[C@H](O)C(C)(C)C5CC[C@]43C)C12. The second kappa shape index (κ2) is 23.9. The Morgan fingerprint density at radius 2 is 0.794 bits per heavy atom. The van der Waals surface area contributed by atoms with Crippen molar-refractivity contribution >= 4 is 11.8 Å². The Labute approximate surface area is 594 Å². The molecule has 552 valence electrons. The van der Waals surface area contributed by atoms with Crippen LogP contribution in [0.25, 0.3) is 0 Å². The molecule has 0 aromatic rings. The van der Waals surface area contributed by atoms with E-state index in [1.54, 1.807) is 0 Å². The van der Waals surface area contributed by atoms with Gasteiger partial charge in [0.15, 0.2) is 0 Å². The van der Waals surface area contributed by atoms with E-state index in [1.165, 1.54) is 140 Å². The number of aliphatic carboxylic acids is 1. The topological polar surface area (TPSA) is 135 Å². The first-order valence-corrected chi connectivity index (χ1v) is 42.0. The Morgan fingerprint density at radius 1 is 0.412 bits per heavy atom. The van der Waals surface area contributed by atoms with Gasteiger partial charge in [-0.1, -0.05) is 144 Å². The number of aliphatic hydroxyl groups excluding tert-OH is 4. The number of fused-ring (bicyclic) bond motifs is 21. The summed E-state index contributed by atoms with van der Waals surface area (Å²) in [5.41, 5.74) is 3.99. The summed E-state index contributed by atoms with van der Waals surface area (Å²) in [5.74, 6) is 10.8. The summed E-state index contributed by atoms with van der Waals surface area (Å²) >= 11 is 0. The molecule has 0 amide bonds. The minimum atomic E-state index is -0.506. The fourth-order valence-electron chi connectivity index (χ4n) is 34.9. The van der Waals surface area contributed by atoms with E-state index in [9.17, 15) is 35.1 Å².